The fourth-order valence-electron chi connectivity index (χ4n) is 4.92. The molecule has 1 N–H and O–H groups in total. The normalized spacial score (nSPS) is 13.2. The Kier molecular flexibility index (Phi) is 5.74. The lowest BCUT2D eigenvalue weighted by Crippen LogP contribution is -2.11. The summed E-state index contributed by atoms with van der Waals surface area (Å²) in [5.74, 6) is 1.86. The van der Waals surface area contributed by atoms with E-state index in [-0.39, 0.29) is 5.56 Å². The zero-order valence-corrected chi connectivity index (χ0v) is 20.4. The Morgan fingerprint density at radius 2 is 1.83 bits per heavy atom. The molecule has 0 aliphatic heterocycles. The van der Waals surface area contributed by atoms with E-state index in [1.54, 1.807) is 11.3 Å². The molecule has 0 saturated carbocycles. The molecule has 0 bridgehead atoms. The summed E-state index contributed by atoms with van der Waals surface area (Å²) in [5.41, 5.74) is 3.06. The summed E-state index contributed by atoms with van der Waals surface area (Å²) in [6.45, 7) is 2.89. The van der Waals surface area contributed by atoms with Gasteiger partial charge in [-0.1, -0.05) is 42.5 Å². The van der Waals surface area contributed by atoms with Crippen molar-refractivity contribution in [3.05, 3.63) is 87.0 Å². The second kappa shape index (κ2) is 9.19. The van der Waals surface area contributed by atoms with Crippen molar-refractivity contribution in [2.24, 2.45) is 0 Å². The van der Waals surface area contributed by atoms with Crippen LogP contribution in [0.5, 0.6) is 11.5 Å². The largest absolute Gasteiger partial charge is 0.490 e. The van der Waals surface area contributed by atoms with Crippen molar-refractivity contribution < 1.29 is 9.47 Å². The van der Waals surface area contributed by atoms with E-state index in [0.29, 0.717) is 30.5 Å². The highest BCUT2D eigenvalue weighted by Crippen LogP contribution is 2.36. The number of hydrogen-bond acceptors (Lipinski definition) is 5. The van der Waals surface area contributed by atoms with E-state index in [2.05, 4.69) is 29.2 Å². The van der Waals surface area contributed by atoms with Crippen LogP contribution in [0.25, 0.3) is 32.4 Å². The molecule has 0 saturated heterocycles. The number of rotatable bonds is 6. The Bertz CT molecular complexity index is 1600. The van der Waals surface area contributed by atoms with Gasteiger partial charge in [0.2, 0.25) is 0 Å². The minimum Gasteiger partial charge on any atom is -0.490 e. The highest BCUT2D eigenvalue weighted by Gasteiger charge is 2.20. The quantitative estimate of drug-likeness (QED) is 0.294. The summed E-state index contributed by atoms with van der Waals surface area (Å²) in [4.78, 5) is 23.0. The highest BCUT2D eigenvalue weighted by atomic mass is 32.1. The van der Waals surface area contributed by atoms with Crippen LogP contribution in [0.1, 0.15) is 35.8 Å². The lowest BCUT2D eigenvalue weighted by molar-refractivity contribution is 0.270. The molecule has 5 aromatic rings. The van der Waals surface area contributed by atoms with E-state index in [9.17, 15) is 4.79 Å². The first-order chi connectivity index (χ1) is 17.2. The van der Waals surface area contributed by atoms with Crippen LogP contribution in [0.3, 0.4) is 0 Å². The van der Waals surface area contributed by atoms with E-state index < -0.39 is 0 Å². The number of thiophene rings is 1. The molecule has 2 aromatic heterocycles. The summed E-state index contributed by atoms with van der Waals surface area (Å²) in [6.07, 6.45) is 4.33. The Labute approximate surface area is 207 Å². The van der Waals surface area contributed by atoms with Gasteiger partial charge in [0.05, 0.1) is 12.0 Å². The molecule has 0 fully saturated rings. The van der Waals surface area contributed by atoms with Crippen LogP contribution in [0.2, 0.25) is 0 Å². The van der Waals surface area contributed by atoms with Gasteiger partial charge in [0.15, 0.2) is 11.5 Å². The van der Waals surface area contributed by atoms with Crippen molar-refractivity contribution in [1.82, 2.24) is 9.97 Å². The SMILES string of the molecule is CCOc1cc(-c2nc3sc4c(c3c(=O)[nH]2)CCCC4)ccc1OCc1cccc2ccccc12. The van der Waals surface area contributed by atoms with Crippen LogP contribution in [-0.4, -0.2) is 16.6 Å². The molecule has 6 heteroatoms. The van der Waals surface area contributed by atoms with Crippen LogP contribution in [0.15, 0.2) is 65.5 Å². The van der Waals surface area contributed by atoms with Crippen LogP contribution in [0.4, 0.5) is 0 Å². The molecular formula is C29H26N2O3S. The van der Waals surface area contributed by atoms with Gasteiger partial charge in [0.1, 0.15) is 17.3 Å². The van der Waals surface area contributed by atoms with Crippen molar-refractivity contribution in [1.29, 1.82) is 0 Å². The third-order valence-electron chi connectivity index (χ3n) is 6.61. The fourth-order valence-corrected chi connectivity index (χ4v) is 6.18. The minimum absolute atomic E-state index is 0.0568. The zero-order valence-electron chi connectivity index (χ0n) is 19.6. The summed E-state index contributed by atoms with van der Waals surface area (Å²) in [6, 6.07) is 20.3. The van der Waals surface area contributed by atoms with Gasteiger partial charge in [0, 0.05) is 10.4 Å². The smallest absolute Gasteiger partial charge is 0.260 e. The molecule has 0 amide bonds. The topological polar surface area (TPSA) is 64.2 Å². The van der Waals surface area contributed by atoms with Crippen LogP contribution in [-0.2, 0) is 19.4 Å². The van der Waals surface area contributed by atoms with Gasteiger partial charge in [-0.25, -0.2) is 4.98 Å². The molecule has 0 unspecified atom stereocenters. The van der Waals surface area contributed by atoms with Crippen molar-refractivity contribution in [3.63, 3.8) is 0 Å². The molecule has 2 heterocycles. The molecule has 1 aliphatic rings. The Balaban J connectivity index is 1.33. The van der Waals surface area contributed by atoms with E-state index in [0.717, 1.165) is 40.6 Å². The molecule has 0 spiro atoms. The number of nitrogens with zero attached hydrogens (tertiary/aromatic N) is 1. The molecule has 6 rings (SSSR count). The number of nitrogens with one attached hydrogen (secondary N) is 1. The van der Waals surface area contributed by atoms with Gasteiger partial charge in [-0.15, -0.1) is 11.3 Å². The number of H-pyrrole nitrogens is 1. The lowest BCUT2D eigenvalue weighted by atomic mass is 9.97. The van der Waals surface area contributed by atoms with E-state index in [4.69, 9.17) is 14.5 Å². The van der Waals surface area contributed by atoms with E-state index in [1.165, 1.54) is 27.6 Å². The number of fused-ring (bicyclic) bond motifs is 4. The molecule has 176 valence electrons. The number of aromatic nitrogens is 2. The number of aromatic amines is 1. The lowest BCUT2D eigenvalue weighted by Gasteiger charge is -2.14. The number of benzene rings is 3. The van der Waals surface area contributed by atoms with Gasteiger partial charge in [-0.2, -0.15) is 0 Å². The second-order valence-corrected chi connectivity index (χ2v) is 9.91. The number of hydrogen-bond donors (Lipinski definition) is 1. The maximum absolute atomic E-state index is 13.0. The predicted octanol–water partition coefficient (Wildman–Crippen LogP) is 6.66. The molecule has 3 aromatic carbocycles. The van der Waals surface area contributed by atoms with Gasteiger partial charge in [-0.3, -0.25) is 4.79 Å². The first kappa shape index (κ1) is 21.9. The summed E-state index contributed by atoms with van der Waals surface area (Å²) in [5, 5.41) is 3.14. The van der Waals surface area contributed by atoms with Crippen molar-refractivity contribution in [2.45, 2.75) is 39.2 Å². The number of ether oxygens (including phenoxy) is 2. The van der Waals surface area contributed by atoms with Gasteiger partial charge in [-0.05, 0) is 72.7 Å². The molecule has 1 aliphatic carbocycles. The monoisotopic (exact) mass is 482 g/mol. The van der Waals surface area contributed by atoms with Crippen molar-refractivity contribution >= 4 is 32.3 Å². The van der Waals surface area contributed by atoms with Crippen molar-refractivity contribution in [2.75, 3.05) is 6.61 Å². The highest BCUT2D eigenvalue weighted by molar-refractivity contribution is 7.18. The van der Waals surface area contributed by atoms with Crippen molar-refractivity contribution in [3.8, 4) is 22.9 Å². The zero-order chi connectivity index (χ0) is 23.8. The molecule has 5 nitrogen and oxygen atoms in total. The van der Waals surface area contributed by atoms with Gasteiger partial charge in [0.25, 0.3) is 5.56 Å². The molecule has 0 atom stereocenters. The average molecular weight is 483 g/mol. The maximum atomic E-state index is 13.0. The predicted molar refractivity (Wildman–Crippen MR) is 142 cm³/mol. The average Bonchev–Trinajstić information content (AvgIpc) is 3.27. The van der Waals surface area contributed by atoms with Gasteiger partial charge >= 0.3 is 0 Å². The first-order valence-corrected chi connectivity index (χ1v) is 12.9. The molecular weight excluding hydrogens is 456 g/mol. The van der Waals surface area contributed by atoms with Gasteiger partial charge < -0.3 is 14.5 Å². The molecule has 35 heavy (non-hydrogen) atoms. The van der Waals surface area contributed by atoms with Crippen LogP contribution in [0, 0.1) is 0 Å². The number of aryl methyl sites for hydroxylation is 2. The Morgan fingerprint density at radius 3 is 2.74 bits per heavy atom. The van der Waals surface area contributed by atoms with Crippen LogP contribution >= 0.6 is 11.3 Å². The Morgan fingerprint density at radius 1 is 0.971 bits per heavy atom. The standard InChI is InChI=1S/C29H26N2O3S/c1-2-33-24-16-19(27-30-28(32)26-22-12-5-6-13-25(22)35-29(26)31-27)14-15-23(24)34-17-20-10-7-9-18-8-3-4-11-21(18)20/h3-4,7-11,14-16H,2,5-6,12-13,17H2,1H3,(H,30,31,32). The Hall–Kier alpha value is -3.64. The van der Waals surface area contributed by atoms with Crippen LogP contribution < -0.4 is 15.0 Å². The summed E-state index contributed by atoms with van der Waals surface area (Å²) < 4.78 is 12.1. The third-order valence-corrected chi connectivity index (χ3v) is 7.79. The third kappa shape index (κ3) is 4.08. The first-order valence-electron chi connectivity index (χ1n) is 12.1. The maximum Gasteiger partial charge on any atom is 0.260 e. The summed E-state index contributed by atoms with van der Waals surface area (Å²) >= 11 is 1.66. The fraction of sp³-hybridized carbons (Fsp3) is 0.241. The van der Waals surface area contributed by atoms with E-state index >= 15 is 0 Å². The van der Waals surface area contributed by atoms with E-state index in [1.807, 2.05) is 43.3 Å². The summed E-state index contributed by atoms with van der Waals surface area (Å²) in [7, 11) is 0. The molecule has 0 radical (unpaired) electrons. The minimum atomic E-state index is -0.0568. The second-order valence-electron chi connectivity index (χ2n) is 8.83.